The molecule has 1 aromatic carbocycles. The second kappa shape index (κ2) is 8.17. The highest BCUT2D eigenvalue weighted by Crippen LogP contribution is 2.08. The van der Waals surface area contributed by atoms with Gasteiger partial charge >= 0.3 is 6.03 Å². The number of carbonyl (C=O) groups is 1. The summed E-state index contributed by atoms with van der Waals surface area (Å²) in [5.74, 6) is 0.594. The van der Waals surface area contributed by atoms with Gasteiger partial charge in [-0.25, -0.2) is 4.79 Å². The van der Waals surface area contributed by atoms with Crippen molar-refractivity contribution in [3.63, 3.8) is 0 Å². The smallest absolute Gasteiger partial charge is 0.314 e. The Balaban J connectivity index is 2.22. The van der Waals surface area contributed by atoms with Crippen LogP contribution in [-0.2, 0) is 6.42 Å². The van der Waals surface area contributed by atoms with E-state index >= 15 is 0 Å². The Kier molecular flexibility index (Phi) is 6.88. The minimum atomic E-state index is -0.867. The maximum Gasteiger partial charge on any atom is 0.314 e. The molecule has 0 aliphatic heterocycles. The van der Waals surface area contributed by atoms with Crippen LogP contribution in [0.4, 0.5) is 4.79 Å². The lowest BCUT2D eigenvalue weighted by Gasteiger charge is -2.22. The fourth-order valence-corrected chi connectivity index (χ4v) is 2.49. The van der Waals surface area contributed by atoms with Gasteiger partial charge in [0.15, 0.2) is 0 Å². The Labute approximate surface area is 125 Å². The van der Waals surface area contributed by atoms with Crippen LogP contribution in [0.5, 0.6) is 0 Å². The van der Waals surface area contributed by atoms with E-state index in [-0.39, 0.29) is 12.6 Å². The highest BCUT2D eigenvalue weighted by Gasteiger charge is 2.20. The number of nitrogens with one attached hydrogen (secondary N) is 2. The number of urea groups is 1. The molecule has 0 spiro atoms. The third-order valence-electron chi connectivity index (χ3n) is 2.90. The minimum Gasteiger partial charge on any atom is -0.387 e. The first kappa shape index (κ1) is 16.9. The zero-order valence-electron chi connectivity index (χ0n) is 12.4. The molecule has 4 nitrogen and oxygen atoms in total. The van der Waals surface area contributed by atoms with Crippen molar-refractivity contribution >= 4 is 17.8 Å². The lowest BCUT2D eigenvalue weighted by atomic mass is 10.1. The molecule has 0 radical (unpaired) electrons. The summed E-state index contributed by atoms with van der Waals surface area (Å²) >= 11 is 1.55. The normalized spacial score (nSPS) is 13.6. The zero-order valence-corrected chi connectivity index (χ0v) is 13.2. The van der Waals surface area contributed by atoms with Crippen molar-refractivity contribution in [3.05, 3.63) is 35.4 Å². The van der Waals surface area contributed by atoms with E-state index in [1.807, 2.05) is 6.26 Å². The van der Waals surface area contributed by atoms with Crippen LogP contribution < -0.4 is 10.6 Å². The molecule has 112 valence electrons. The van der Waals surface area contributed by atoms with Gasteiger partial charge in [-0.05, 0) is 32.1 Å². The summed E-state index contributed by atoms with van der Waals surface area (Å²) < 4.78 is 0. The van der Waals surface area contributed by atoms with Crippen molar-refractivity contribution in [2.24, 2.45) is 0 Å². The summed E-state index contributed by atoms with van der Waals surface area (Å²) in [5.41, 5.74) is 1.56. The van der Waals surface area contributed by atoms with Gasteiger partial charge in [0.2, 0.25) is 0 Å². The Morgan fingerprint density at radius 2 is 1.95 bits per heavy atom. The molecule has 0 aliphatic carbocycles. The van der Waals surface area contributed by atoms with Gasteiger partial charge in [-0.1, -0.05) is 29.8 Å². The molecule has 0 heterocycles. The quantitative estimate of drug-likeness (QED) is 0.721. The van der Waals surface area contributed by atoms with Crippen molar-refractivity contribution in [2.75, 3.05) is 25.1 Å². The van der Waals surface area contributed by atoms with E-state index in [0.29, 0.717) is 12.3 Å². The average molecular weight is 296 g/mol. The standard InChI is InChI=1S/C15H24N2O2S/c1-12-4-6-13(7-5-12)8-9-16-14(18)17-10-15(2,19)11-20-3/h4-7,19H,8-11H2,1-3H3,(H2,16,17,18). The molecule has 0 fully saturated rings. The summed E-state index contributed by atoms with van der Waals surface area (Å²) in [6.07, 6.45) is 2.73. The van der Waals surface area contributed by atoms with Gasteiger partial charge in [0.1, 0.15) is 0 Å². The number of amides is 2. The van der Waals surface area contributed by atoms with Crippen LogP contribution in [0.15, 0.2) is 24.3 Å². The monoisotopic (exact) mass is 296 g/mol. The number of thioether (sulfide) groups is 1. The second-order valence-electron chi connectivity index (χ2n) is 5.28. The fourth-order valence-electron chi connectivity index (χ4n) is 1.77. The highest BCUT2D eigenvalue weighted by atomic mass is 32.2. The molecule has 0 saturated heterocycles. The van der Waals surface area contributed by atoms with Crippen LogP contribution in [0, 0.1) is 6.92 Å². The van der Waals surface area contributed by atoms with Crippen LogP contribution in [0.1, 0.15) is 18.1 Å². The molecule has 3 N–H and O–H groups in total. The predicted molar refractivity (Wildman–Crippen MR) is 85.3 cm³/mol. The first-order valence-corrected chi connectivity index (χ1v) is 8.11. The van der Waals surface area contributed by atoms with Crippen LogP contribution in [0.3, 0.4) is 0 Å². The number of carbonyl (C=O) groups excluding carboxylic acids is 1. The fraction of sp³-hybridized carbons (Fsp3) is 0.533. The molecule has 1 aromatic rings. The summed E-state index contributed by atoms with van der Waals surface area (Å²) in [4.78, 5) is 11.6. The summed E-state index contributed by atoms with van der Waals surface area (Å²) in [6.45, 7) is 4.61. The van der Waals surface area contributed by atoms with Crippen molar-refractivity contribution in [1.82, 2.24) is 10.6 Å². The predicted octanol–water partition coefficient (Wildman–Crippen LogP) is 1.95. The zero-order chi connectivity index (χ0) is 15.0. The molecule has 0 saturated carbocycles. The lowest BCUT2D eigenvalue weighted by Crippen LogP contribution is -2.46. The molecule has 5 heteroatoms. The maximum atomic E-state index is 11.6. The highest BCUT2D eigenvalue weighted by molar-refractivity contribution is 7.98. The van der Waals surface area contributed by atoms with Gasteiger partial charge in [0.25, 0.3) is 0 Å². The van der Waals surface area contributed by atoms with Crippen LogP contribution in [0.25, 0.3) is 0 Å². The largest absolute Gasteiger partial charge is 0.387 e. The first-order chi connectivity index (χ1) is 9.43. The maximum absolute atomic E-state index is 11.6. The molecular weight excluding hydrogens is 272 g/mol. The molecule has 1 atom stereocenters. The summed E-state index contributed by atoms with van der Waals surface area (Å²) in [5, 5.41) is 15.4. The van der Waals surface area contributed by atoms with Gasteiger partial charge in [-0.3, -0.25) is 0 Å². The number of hydrogen-bond acceptors (Lipinski definition) is 3. The van der Waals surface area contributed by atoms with Crippen LogP contribution in [0.2, 0.25) is 0 Å². The molecule has 1 unspecified atom stereocenters. The van der Waals surface area contributed by atoms with Gasteiger partial charge in [-0.15, -0.1) is 0 Å². The number of aryl methyl sites for hydroxylation is 1. The van der Waals surface area contributed by atoms with E-state index in [4.69, 9.17) is 0 Å². The van der Waals surface area contributed by atoms with Crippen LogP contribution in [-0.4, -0.2) is 41.8 Å². The third kappa shape index (κ3) is 6.82. The topological polar surface area (TPSA) is 61.4 Å². The number of rotatable bonds is 7. The van der Waals surface area contributed by atoms with E-state index in [9.17, 15) is 9.90 Å². The van der Waals surface area contributed by atoms with Gasteiger partial charge < -0.3 is 15.7 Å². The SMILES string of the molecule is CSCC(C)(O)CNC(=O)NCCc1ccc(C)cc1. The van der Waals surface area contributed by atoms with E-state index in [2.05, 4.69) is 41.8 Å². The molecule has 20 heavy (non-hydrogen) atoms. The Hall–Kier alpha value is -1.20. The van der Waals surface area contributed by atoms with E-state index < -0.39 is 5.60 Å². The molecule has 2 amide bonds. The molecule has 0 aromatic heterocycles. The second-order valence-corrected chi connectivity index (χ2v) is 6.14. The number of benzene rings is 1. The van der Waals surface area contributed by atoms with E-state index in [0.717, 1.165) is 6.42 Å². The van der Waals surface area contributed by atoms with Crippen molar-refractivity contribution < 1.29 is 9.90 Å². The van der Waals surface area contributed by atoms with Crippen molar-refractivity contribution in [1.29, 1.82) is 0 Å². The van der Waals surface area contributed by atoms with E-state index in [1.165, 1.54) is 11.1 Å². The first-order valence-electron chi connectivity index (χ1n) is 6.71. The van der Waals surface area contributed by atoms with Gasteiger partial charge in [0.05, 0.1) is 5.60 Å². The Morgan fingerprint density at radius 3 is 2.55 bits per heavy atom. The minimum absolute atomic E-state index is 0.238. The van der Waals surface area contributed by atoms with Crippen LogP contribution >= 0.6 is 11.8 Å². The summed E-state index contributed by atoms with van der Waals surface area (Å²) in [7, 11) is 0. The van der Waals surface area contributed by atoms with Gasteiger partial charge in [0, 0.05) is 18.8 Å². The lowest BCUT2D eigenvalue weighted by molar-refractivity contribution is 0.0869. The van der Waals surface area contributed by atoms with E-state index in [1.54, 1.807) is 18.7 Å². The Bertz CT molecular complexity index is 418. The van der Waals surface area contributed by atoms with Gasteiger partial charge in [-0.2, -0.15) is 11.8 Å². The summed E-state index contributed by atoms with van der Waals surface area (Å²) in [6, 6.07) is 8.03. The average Bonchev–Trinajstić information content (AvgIpc) is 2.39. The third-order valence-corrected chi connectivity index (χ3v) is 3.82. The Morgan fingerprint density at radius 1 is 1.30 bits per heavy atom. The molecular formula is C15H24N2O2S. The number of hydrogen-bond donors (Lipinski definition) is 3. The number of aliphatic hydroxyl groups is 1. The van der Waals surface area contributed by atoms with Crippen molar-refractivity contribution in [3.8, 4) is 0 Å². The molecule has 0 aliphatic rings. The van der Waals surface area contributed by atoms with Crippen molar-refractivity contribution in [2.45, 2.75) is 25.9 Å². The molecule has 0 bridgehead atoms. The molecule has 1 rings (SSSR count).